The van der Waals surface area contributed by atoms with Crippen molar-refractivity contribution in [1.82, 2.24) is 14.1 Å². The zero-order chi connectivity index (χ0) is 13.3. The Morgan fingerprint density at radius 1 is 1.28 bits per heavy atom. The third-order valence-corrected chi connectivity index (χ3v) is 4.01. The van der Waals surface area contributed by atoms with Crippen LogP contribution in [0.4, 0.5) is 5.95 Å². The molecule has 1 aliphatic carbocycles. The summed E-state index contributed by atoms with van der Waals surface area (Å²) in [7, 11) is 5.59. The zero-order valence-electron chi connectivity index (χ0n) is 11.2. The molecule has 1 fully saturated rings. The van der Waals surface area contributed by atoms with Crippen LogP contribution in [0, 0.1) is 4.77 Å². The molecule has 1 heterocycles. The average molecular weight is 268 g/mol. The lowest BCUT2D eigenvalue weighted by Gasteiger charge is -2.25. The van der Waals surface area contributed by atoms with Gasteiger partial charge in [0.05, 0.1) is 0 Å². The van der Waals surface area contributed by atoms with Crippen molar-refractivity contribution in [3.63, 3.8) is 0 Å². The van der Waals surface area contributed by atoms with Crippen molar-refractivity contribution in [2.45, 2.75) is 38.1 Å². The molecule has 0 N–H and O–H groups in total. The summed E-state index contributed by atoms with van der Waals surface area (Å²) in [5, 5.41) is 0. The lowest BCUT2D eigenvalue weighted by molar-refractivity contribution is 0.332. The van der Waals surface area contributed by atoms with Gasteiger partial charge in [0.25, 0.3) is 0 Å². The standard InChI is InChI=1S/C12H20N4OS/c1-14(2)10-13-11(17)16(12(18)15(10)3)9-7-5-4-6-8-9/h9H,4-8H2,1-3H3. The van der Waals surface area contributed by atoms with Gasteiger partial charge < -0.3 is 4.90 Å². The molecule has 0 spiro atoms. The molecule has 0 aliphatic heterocycles. The highest BCUT2D eigenvalue weighted by atomic mass is 32.1. The summed E-state index contributed by atoms with van der Waals surface area (Å²) in [5.74, 6) is 0.608. The van der Waals surface area contributed by atoms with Crippen LogP contribution < -0.4 is 10.6 Å². The van der Waals surface area contributed by atoms with Gasteiger partial charge in [-0.25, -0.2) is 4.79 Å². The maximum atomic E-state index is 12.2. The number of hydrogen-bond acceptors (Lipinski definition) is 4. The van der Waals surface area contributed by atoms with Gasteiger partial charge in [0.1, 0.15) is 0 Å². The van der Waals surface area contributed by atoms with Gasteiger partial charge in [0.15, 0.2) is 4.77 Å². The van der Waals surface area contributed by atoms with E-state index in [2.05, 4.69) is 4.98 Å². The fraction of sp³-hybridized carbons (Fsp3) is 0.750. The third-order valence-electron chi connectivity index (χ3n) is 3.53. The fourth-order valence-corrected chi connectivity index (χ4v) is 2.90. The highest BCUT2D eigenvalue weighted by Crippen LogP contribution is 2.27. The van der Waals surface area contributed by atoms with Gasteiger partial charge in [-0.1, -0.05) is 19.3 Å². The number of hydrogen-bond donors (Lipinski definition) is 0. The second kappa shape index (κ2) is 5.22. The van der Waals surface area contributed by atoms with E-state index in [-0.39, 0.29) is 11.7 Å². The number of nitrogens with zero attached hydrogens (tertiary/aromatic N) is 4. The van der Waals surface area contributed by atoms with E-state index >= 15 is 0 Å². The predicted octanol–water partition coefficient (Wildman–Crippen LogP) is 1.88. The van der Waals surface area contributed by atoms with Crippen LogP contribution in [0.15, 0.2) is 4.79 Å². The van der Waals surface area contributed by atoms with E-state index in [1.165, 1.54) is 19.3 Å². The SMILES string of the molecule is CN(C)c1nc(=O)n(C2CCCCC2)c(=S)n1C. The van der Waals surface area contributed by atoms with Crippen LogP contribution in [-0.2, 0) is 7.05 Å². The molecule has 0 radical (unpaired) electrons. The summed E-state index contributed by atoms with van der Waals surface area (Å²) in [6.07, 6.45) is 5.67. The van der Waals surface area contributed by atoms with Gasteiger partial charge in [0, 0.05) is 27.2 Å². The Morgan fingerprint density at radius 2 is 1.89 bits per heavy atom. The first-order chi connectivity index (χ1) is 8.52. The first kappa shape index (κ1) is 13.3. The van der Waals surface area contributed by atoms with Crippen molar-refractivity contribution < 1.29 is 0 Å². The minimum absolute atomic E-state index is 0.214. The molecular formula is C12H20N4OS. The molecule has 0 aromatic carbocycles. The van der Waals surface area contributed by atoms with Gasteiger partial charge in [-0.3, -0.25) is 9.13 Å². The van der Waals surface area contributed by atoms with Crippen molar-refractivity contribution in [3.8, 4) is 0 Å². The van der Waals surface area contributed by atoms with E-state index in [0.29, 0.717) is 10.7 Å². The molecule has 5 nitrogen and oxygen atoms in total. The fourth-order valence-electron chi connectivity index (χ4n) is 2.59. The Bertz CT molecular complexity index is 540. The maximum absolute atomic E-state index is 12.2. The van der Waals surface area contributed by atoms with Crippen molar-refractivity contribution in [2.75, 3.05) is 19.0 Å². The molecule has 1 aromatic heterocycles. The summed E-state index contributed by atoms with van der Waals surface area (Å²) in [6, 6.07) is 0.230. The second-order valence-electron chi connectivity index (χ2n) is 5.09. The Labute approximate surface area is 112 Å². The lowest BCUT2D eigenvalue weighted by Crippen LogP contribution is -2.34. The zero-order valence-corrected chi connectivity index (χ0v) is 12.0. The van der Waals surface area contributed by atoms with E-state index in [1.807, 2.05) is 30.6 Å². The van der Waals surface area contributed by atoms with E-state index in [9.17, 15) is 4.79 Å². The highest BCUT2D eigenvalue weighted by Gasteiger charge is 2.20. The molecule has 18 heavy (non-hydrogen) atoms. The molecule has 1 saturated carbocycles. The van der Waals surface area contributed by atoms with E-state index in [0.717, 1.165) is 12.8 Å². The normalized spacial score (nSPS) is 16.8. The summed E-state index contributed by atoms with van der Waals surface area (Å²) in [6.45, 7) is 0. The van der Waals surface area contributed by atoms with Crippen LogP contribution in [0.25, 0.3) is 0 Å². The van der Waals surface area contributed by atoms with E-state index in [1.54, 1.807) is 4.57 Å². The van der Waals surface area contributed by atoms with Crippen LogP contribution in [0.5, 0.6) is 0 Å². The molecule has 0 amide bonds. The molecule has 0 atom stereocenters. The monoisotopic (exact) mass is 268 g/mol. The van der Waals surface area contributed by atoms with E-state index < -0.39 is 0 Å². The Morgan fingerprint density at radius 3 is 2.44 bits per heavy atom. The van der Waals surface area contributed by atoms with Gasteiger partial charge in [-0.15, -0.1) is 0 Å². The summed E-state index contributed by atoms with van der Waals surface area (Å²) >= 11 is 5.43. The van der Waals surface area contributed by atoms with Crippen molar-refractivity contribution in [3.05, 3.63) is 15.3 Å². The molecule has 0 unspecified atom stereocenters. The summed E-state index contributed by atoms with van der Waals surface area (Å²) in [4.78, 5) is 18.1. The van der Waals surface area contributed by atoms with Crippen molar-refractivity contribution in [1.29, 1.82) is 0 Å². The molecule has 1 aromatic rings. The molecule has 6 heteroatoms. The number of anilines is 1. The smallest absolute Gasteiger partial charge is 0.348 e. The van der Waals surface area contributed by atoms with Crippen LogP contribution >= 0.6 is 12.2 Å². The second-order valence-corrected chi connectivity index (χ2v) is 5.46. The number of rotatable bonds is 2. The topological polar surface area (TPSA) is 43.1 Å². The largest absolute Gasteiger partial charge is 0.353 e. The predicted molar refractivity (Wildman–Crippen MR) is 74.8 cm³/mol. The van der Waals surface area contributed by atoms with Gasteiger partial charge in [-0.2, -0.15) is 4.98 Å². The first-order valence-corrected chi connectivity index (χ1v) is 6.80. The van der Waals surface area contributed by atoms with Crippen LogP contribution in [0.1, 0.15) is 38.1 Å². The van der Waals surface area contributed by atoms with Crippen LogP contribution in [0.3, 0.4) is 0 Å². The van der Waals surface area contributed by atoms with Gasteiger partial charge >= 0.3 is 5.69 Å². The van der Waals surface area contributed by atoms with Crippen molar-refractivity contribution in [2.24, 2.45) is 7.05 Å². The van der Waals surface area contributed by atoms with Gasteiger partial charge in [0.2, 0.25) is 5.95 Å². The first-order valence-electron chi connectivity index (χ1n) is 6.39. The van der Waals surface area contributed by atoms with Crippen LogP contribution in [-0.4, -0.2) is 28.2 Å². The Balaban J connectivity index is 2.52. The highest BCUT2D eigenvalue weighted by molar-refractivity contribution is 7.71. The summed E-state index contributed by atoms with van der Waals surface area (Å²) < 4.78 is 4.08. The minimum Gasteiger partial charge on any atom is -0.348 e. The Hall–Kier alpha value is -1.17. The third kappa shape index (κ3) is 2.34. The lowest BCUT2D eigenvalue weighted by atomic mass is 9.95. The summed E-state index contributed by atoms with van der Waals surface area (Å²) in [5.41, 5.74) is -0.214. The van der Waals surface area contributed by atoms with Gasteiger partial charge in [-0.05, 0) is 25.1 Å². The quantitative estimate of drug-likeness (QED) is 0.768. The molecule has 0 bridgehead atoms. The minimum atomic E-state index is -0.214. The maximum Gasteiger partial charge on any atom is 0.353 e. The number of aromatic nitrogens is 3. The average Bonchev–Trinajstić information content (AvgIpc) is 2.35. The molecule has 1 aliphatic rings. The Kier molecular flexibility index (Phi) is 3.85. The molecular weight excluding hydrogens is 248 g/mol. The van der Waals surface area contributed by atoms with Crippen LogP contribution in [0.2, 0.25) is 0 Å². The van der Waals surface area contributed by atoms with E-state index in [4.69, 9.17) is 12.2 Å². The molecule has 0 saturated heterocycles. The molecule has 2 rings (SSSR count). The van der Waals surface area contributed by atoms with Crippen molar-refractivity contribution >= 4 is 18.2 Å². The molecule has 100 valence electrons.